The van der Waals surface area contributed by atoms with E-state index in [9.17, 15) is 19.2 Å². The topological polar surface area (TPSA) is 146 Å². The van der Waals surface area contributed by atoms with Gasteiger partial charge in [-0.15, -0.1) is 0 Å². The maximum absolute atomic E-state index is 13.6. The minimum absolute atomic E-state index is 0.00872. The van der Waals surface area contributed by atoms with E-state index in [1.54, 1.807) is 4.90 Å². The normalized spacial score (nSPS) is 16.8. The summed E-state index contributed by atoms with van der Waals surface area (Å²) in [5.74, 6) is 1.13. The van der Waals surface area contributed by atoms with Crippen LogP contribution in [0.5, 0.6) is 0 Å². The van der Waals surface area contributed by atoms with E-state index in [1.165, 1.54) is 52.1 Å². The Kier molecular flexibility index (Phi) is 28.8. The van der Waals surface area contributed by atoms with Crippen LogP contribution >= 0.6 is 0 Å². The quantitative estimate of drug-likeness (QED) is 0.0531. The van der Waals surface area contributed by atoms with Gasteiger partial charge in [0.2, 0.25) is 11.8 Å². The molecule has 0 bridgehead atoms. The van der Waals surface area contributed by atoms with Gasteiger partial charge < -0.3 is 34.9 Å². The zero-order valence-corrected chi connectivity index (χ0v) is 34.6. The predicted molar refractivity (Wildman–Crippen MR) is 211 cm³/mol. The monoisotopic (exact) mass is 754 g/mol. The van der Waals surface area contributed by atoms with Gasteiger partial charge in [-0.2, -0.15) is 0 Å². The second-order valence-corrected chi connectivity index (χ2v) is 16.1. The molecule has 0 aromatic rings. The van der Waals surface area contributed by atoms with Crippen molar-refractivity contribution in [2.24, 2.45) is 35.3 Å². The lowest BCUT2D eigenvalue weighted by Crippen LogP contribution is -2.43. The van der Waals surface area contributed by atoms with Crippen molar-refractivity contribution in [1.82, 2.24) is 10.2 Å². The second-order valence-electron chi connectivity index (χ2n) is 16.1. The molecule has 310 valence electrons. The van der Waals surface area contributed by atoms with Gasteiger partial charge in [0.1, 0.15) is 0 Å². The number of carbonyl (C=O) groups excluding carboxylic acids is 4. The highest BCUT2D eigenvalue weighted by Crippen LogP contribution is 2.27. The molecule has 5 unspecified atom stereocenters. The summed E-state index contributed by atoms with van der Waals surface area (Å²) in [4.78, 5) is 53.8. The first kappa shape index (κ1) is 48.9. The summed E-state index contributed by atoms with van der Waals surface area (Å²) in [6, 6.07) is -0.510. The highest BCUT2D eigenvalue weighted by molar-refractivity contribution is 5.93. The largest absolute Gasteiger partial charge is 0.469 e. The second kappa shape index (κ2) is 31.2. The molecule has 2 amide bonds. The fourth-order valence-electron chi connectivity index (χ4n) is 7.07. The Morgan fingerprint density at radius 1 is 0.698 bits per heavy atom. The number of hydrogen-bond donors (Lipinski definition) is 2. The van der Waals surface area contributed by atoms with Crippen molar-refractivity contribution in [1.29, 1.82) is 0 Å². The molecule has 1 saturated heterocycles. The number of nitrogens with zero attached hydrogens (tertiary/aromatic N) is 1. The van der Waals surface area contributed by atoms with Crippen LogP contribution in [0.4, 0.5) is 0 Å². The molecule has 3 N–H and O–H groups in total. The van der Waals surface area contributed by atoms with E-state index < -0.39 is 17.9 Å². The molecule has 11 nitrogen and oxygen atoms in total. The molecule has 1 aliphatic heterocycles. The minimum atomic E-state index is -0.672. The summed E-state index contributed by atoms with van der Waals surface area (Å²) in [5.41, 5.74) is 5.43. The Labute approximate surface area is 322 Å². The fraction of sp³-hybridized carbons (Fsp3) is 0.905. The number of nitrogens with one attached hydrogen (secondary N) is 1. The number of hydrogen-bond acceptors (Lipinski definition) is 9. The smallest absolute Gasteiger partial charge is 0.305 e. The SMILES string of the molecule is COC(=O)CCC(CC(=O)C1CCCN1C(=O)CC(C)CCCC(C)CCCC(C)CCCC(C)C)C(=O)NCCCOCCOCCOCCCN. The minimum Gasteiger partial charge on any atom is -0.469 e. The van der Waals surface area contributed by atoms with Gasteiger partial charge in [-0.3, -0.25) is 19.2 Å². The van der Waals surface area contributed by atoms with Crippen LogP contribution in [0.3, 0.4) is 0 Å². The van der Waals surface area contributed by atoms with Crippen LogP contribution < -0.4 is 11.1 Å². The number of ketones is 1. The van der Waals surface area contributed by atoms with Crippen molar-refractivity contribution in [3.63, 3.8) is 0 Å². The third kappa shape index (κ3) is 24.8. The molecule has 0 saturated carbocycles. The predicted octanol–water partition coefficient (Wildman–Crippen LogP) is 6.88. The molecule has 1 aliphatic rings. The van der Waals surface area contributed by atoms with Crippen LogP contribution in [-0.2, 0) is 38.1 Å². The van der Waals surface area contributed by atoms with Gasteiger partial charge in [0.15, 0.2) is 5.78 Å². The molecule has 0 radical (unpaired) electrons. The molecule has 1 fully saturated rings. The van der Waals surface area contributed by atoms with Gasteiger partial charge in [0, 0.05) is 51.5 Å². The van der Waals surface area contributed by atoms with Gasteiger partial charge >= 0.3 is 5.97 Å². The number of likely N-dealkylation sites (tertiary alicyclic amines) is 1. The number of esters is 1. The number of ether oxygens (including phenoxy) is 4. The highest BCUT2D eigenvalue weighted by Gasteiger charge is 2.36. The maximum Gasteiger partial charge on any atom is 0.305 e. The number of nitrogens with two attached hydrogens (primary N) is 1. The maximum atomic E-state index is 13.6. The Hall–Kier alpha value is -2.08. The zero-order valence-electron chi connectivity index (χ0n) is 34.6. The highest BCUT2D eigenvalue weighted by atomic mass is 16.5. The Balaban J connectivity index is 2.43. The van der Waals surface area contributed by atoms with Crippen LogP contribution in [0.1, 0.15) is 144 Å². The number of Topliss-reactive ketones (excluding diaryl/α,β-unsaturated/α-hetero) is 1. The van der Waals surface area contributed by atoms with Crippen LogP contribution in [0.2, 0.25) is 0 Å². The Bertz CT molecular complexity index is 980. The van der Waals surface area contributed by atoms with Crippen molar-refractivity contribution >= 4 is 23.6 Å². The summed E-state index contributed by atoms with van der Waals surface area (Å²) in [7, 11) is 1.31. The van der Waals surface area contributed by atoms with E-state index in [1.807, 2.05) is 0 Å². The van der Waals surface area contributed by atoms with Gasteiger partial charge in [0.05, 0.1) is 39.6 Å². The van der Waals surface area contributed by atoms with Gasteiger partial charge in [-0.25, -0.2) is 0 Å². The molecule has 11 heteroatoms. The van der Waals surface area contributed by atoms with Crippen molar-refractivity contribution in [2.45, 2.75) is 150 Å². The molecule has 1 rings (SSSR count). The summed E-state index contributed by atoms with van der Waals surface area (Å²) < 4.78 is 21.2. The van der Waals surface area contributed by atoms with Gasteiger partial charge in [-0.1, -0.05) is 92.4 Å². The third-order valence-corrected chi connectivity index (χ3v) is 10.5. The average Bonchev–Trinajstić information content (AvgIpc) is 3.62. The summed E-state index contributed by atoms with van der Waals surface area (Å²) in [6.07, 6.45) is 14.7. The molecule has 53 heavy (non-hydrogen) atoms. The van der Waals surface area contributed by atoms with Crippen molar-refractivity contribution in [2.75, 3.05) is 66.4 Å². The lowest BCUT2D eigenvalue weighted by Gasteiger charge is -2.26. The molecule has 0 aromatic carbocycles. The van der Waals surface area contributed by atoms with Crippen molar-refractivity contribution in [3.05, 3.63) is 0 Å². The standard InChI is InChI=1S/C42H79N3O8/c1-33(2)13-7-14-34(3)15-8-16-35(4)17-9-18-36(5)31-40(47)45-24-10-19-38(45)39(46)32-37(20-21-41(48)50-6)42(49)44-23-12-26-52-28-30-53-29-27-51-25-11-22-43/h33-38H,7-32,43H2,1-6H3,(H,44,49). The Morgan fingerprint density at radius 2 is 1.25 bits per heavy atom. The van der Waals surface area contributed by atoms with Crippen molar-refractivity contribution < 1.29 is 38.1 Å². The van der Waals surface area contributed by atoms with E-state index in [4.69, 9.17) is 24.7 Å². The van der Waals surface area contributed by atoms with Crippen LogP contribution in [0, 0.1) is 29.6 Å². The molecule has 0 spiro atoms. The van der Waals surface area contributed by atoms with E-state index >= 15 is 0 Å². The number of amides is 2. The van der Waals surface area contributed by atoms with Crippen molar-refractivity contribution in [3.8, 4) is 0 Å². The summed E-state index contributed by atoms with van der Waals surface area (Å²) in [6.45, 7) is 16.1. The lowest BCUT2D eigenvalue weighted by atomic mass is 9.90. The number of methoxy groups -OCH3 is 1. The molecule has 0 aromatic heterocycles. The Morgan fingerprint density at radius 3 is 1.81 bits per heavy atom. The van der Waals surface area contributed by atoms with Crippen LogP contribution in [-0.4, -0.2) is 101 Å². The molecule has 0 aliphatic carbocycles. The lowest BCUT2D eigenvalue weighted by molar-refractivity contribution is -0.141. The summed E-state index contributed by atoms with van der Waals surface area (Å²) in [5, 5.41) is 2.91. The number of carbonyl (C=O) groups is 4. The van der Waals surface area contributed by atoms with E-state index in [2.05, 4.69) is 39.9 Å². The zero-order chi connectivity index (χ0) is 39.3. The van der Waals surface area contributed by atoms with Crippen LogP contribution in [0.25, 0.3) is 0 Å². The molecular formula is C42H79N3O8. The number of rotatable bonds is 34. The van der Waals surface area contributed by atoms with E-state index in [0.29, 0.717) is 84.5 Å². The van der Waals surface area contributed by atoms with E-state index in [0.717, 1.165) is 37.5 Å². The third-order valence-electron chi connectivity index (χ3n) is 10.5. The van der Waals surface area contributed by atoms with E-state index in [-0.39, 0.29) is 42.8 Å². The first-order chi connectivity index (χ1) is 25.5. The fourth-order valence-corrected chi connectivity index (χ4v) is 7.07. The molecular weight excluding hydrogens is 674 g/mol. The summed E-state index contributed by atoms with van der Waals surface area (Å²) >= 11 is 0. The van der Waals surface area contributed by atoms with Gasteiger partial charge in [0.25, 0.3) is 0 Å². The molecule has 5 atom stereocenters. The average molecular weight is 754 g/mol. The van der Waals surface area contributed by atoms with Crippen LogP contribution in [0.15, 0.2) is 0 Å². The molecule has 1 heterocycles. The van der Waals surface area contributed by atoms with Gasteiger partial charge in [-0.05, 0) is 62.3 Å². The first-order valence-electron chi connectivity index (χ1n) is 21.1. The first-order valence-corrected chi connectivity index (χ1v) is 21.1.